The SMILES string of the molecule is O=C([O-])C=CF.O=C([O-])C=CF.[Zn+2]. The van der Waals surface area contributed by atoms with Crippen molar-refractivity contribution in [2.45, 2.75) is 0 Å². The summed E-state index contributed by atoms with van der Waals surface area (Å²) in [4.78, 5) is 18.3. The van der Waals surface area contributed by atoms with Gasteiger partial charge in [0.25, 0.3) is 0 Å². The van der Waals surface area contributed by atoms with Crippen molar-refractivity contribution in [2.75, 3.05) is 0 Å². The van der Waals surface area contributed by atoms with Crippen molar-refractivity contribution >= 4 is 11.9 Å². The van der Waals surface area contributed by atoms with Crippen LogP contribution in [0.2, 0.25) is 0 Å². The molecular weight excluding hydrogens is 239 g/mol. The van der Waals surface area contributed by atoms with Crippen LogP contribution in [0, 0.1) is 0 Å². The van der Waals surface area contributed by atoms with E-state index in [1.165, 1.54) is 0 Å². The second kappa shape index (κ2) is 13.5. The fraction of sp³-hybridized carbons (Fsp3) is 0. The minimum atomic E-state index is -1.52. The molecule has 0 aliphatic carbocycles. The zero-order valence-corrected chi connectivity index (χ0v) is 9.37. The summed E-state index contributed by atoms with van der Waals surface area (Å²) >= 11 is 0. The first kappa shape index (κ1) is 17.9. The number of hydrogen-bond donors (Lipinski definition) is 0. The topological polar surface area (TPSA) is 80.3 Å². The summed E-state index contributed by atoms with van der Waals surface area (Å²) in [7, 11) is 0. The zero-order chi connectivity index (χ0) is 9.98. The van der Waals surface area contributed by atoms with Crippen molar-refractivity contribution in [3.8, 4) is 0 Å². The maximum Gasteiger partial charge on any atom is 2.00 e. The molecule has 13 heavy (non-hydrogen) atoms. The molecule has 0 bridgehead atoms. The van der Waals surface area contributed by atoms with Gasteiger partial charge in [0.15, 0.2) is 0 Å². The molecule has 0 atom stereocenters. The number of carbonyl (C=O) groups excluding carboxylic acids is 2. The van der Waals surface area contributed by atoms with Crippen molar-refractivity contribution in [1.82, 2.24) is 0 Å². The Hall–Kier alpha value is -1.10. The van der Waals surface area contributed by atoms with Gasteiger partial charge in [-0.15, -0.1) is 0 Å². The fourth-order valence-electron chi connectivity index (χ4n) is 0.103. The third-order valence-corrected chi connectivity index (χ3v) is 0.398. The molecule has 0 aromatic carbocycles. The van der Waals surface area contributed by atoms with Gasteiger partial charge < -0.3 is 19.8 Å². The molecule has 0 fully saturated rings. The van der Waals surface area contributed by atoms with E-state index in [-0.39, 0.29) is 32.1 Å². The van der Waals surface area contributed by atoms with Crippen LogP contribution in [-0.2, 0) is 29.1 Å². The van der Waals surface area contributed by atoms with Crippen LogP contribution in [0.4, 0.5) is 8.78 Å². The molecule has 0 heterocycles. The summed E-state index contributed by atoms with van der Waals surface area (Å²) in [5, 5.41) is 18.3. The molecule has 0 aromatic heterocycles. The molecule has 68 valence electrons. The van der Waals surface area contributed by atoms with Crippen LogP contribution in [0.25, 0.3) is 0 Å². The predicted molar refractivity (Wildman–Crippen MR) is 30.5 cm³/mol. The molecule has 0 aliphatic rings. The van der Waals surface area contributed by atoms with Crippen molar-refractivity contribution in [2.24, 2.45) is 0 Å². The Kier molecular flexibility index (Phi) is 18.5. The minimum absolute atomic E-state index is 0. The Morgan fingerprint density at radius 2 is 1.15 bits per heavy atom. The molecular formula is C6H4F2O4Zn. The van der Waals surface area contributed by atoms with Crippen LogP contribution in [0.3, 0.4) is 0 Å². The minimum Gasteiger partial charge on any atom is -0.545 e. The third-order valence-electron chi connectivity index (χ3n) is 0.398. The van der Waals surface area contributed by atoms with Gasteiger partial charge in [0.05, 0.1) is 24.6 Å². The second-order valence-electron chi connectivity index (χ2n) is 1.22. The van der Waals surface area contributed by atoms with Crippen LogP contribution in [0.15, 0.2) is 24.8 Å². The van der Waals surface area contributed by atoms with E-state index in [4.69, 9.17) is 19.8 Å². The van der Waals surface area contributed by atoms with Crippen LogP contribution in [0.1, 0.15) is 0 Å². The van der Waals surface area contributed by atoms with Crippen LogP contribution in [-0.4, -0.2) is 11.9 Å². The van der Waals surface area contributed by atoms with E-state index in [1.807, 2.05) is 0 Å². The van der Waals surface area contributed by atoms with E-state index < -0.39 is 11.9 Å². The van der Waals surface area contributed by atoms with E-state index in [0.29, 0.717) is 12.2 Å². The number of hydrogen-bond acceptors (Lipinski definition) is 4. The van der Waals surface area contributed by atoms with Crippen molar-refractivity contribution in [1.29, 1.82) is 0 Å². The fourth-order valence-corrected chi connectivity index (χ4v) is 0.103. The van der Waals surface area contributed by atoms with Gasteiger partial charge in [-0.1, -0.05) is 0 Å². The Morgan fingerprint density at radius 1 is 0.923 bits per heavy atom. The molecule has 0 spiro atoms. The number of carboxylic acid groups (broad SMARTS) is 2. The molecule has 0 rings (SSSR count). The average Bonchev–Trinajstić information content (AvgIpc) is 1.87. The molecule has 0 amide bonds. The maximum atomic E-state index is 10.6. The third kappa shape index (κ3) is 35.9. The largest absolute Gasteiger partial charge is 2.00 e. The number of rotatable bonds is 2. The number of carbonyl (C=O) groups is 2. The van der Waals surface area contributed by atoms with E-state index in [2.05, 4.69) is 0 Å². The molecule has 7 heteroatoms. The first-order valence-corrected chi connectivity index (χ1v) is 2.50. The van der Waals surface area contributed by atoms with E-state index in [1.54, 1.807) is 0 Å². The summed E-state index contributed by atoms with van der Waals surface area (Å²) in [6.45, 7) is 0. The van der Waals surface area contributed by atoms with Crippen LogP contribution < -0.4 is 10.2 Å². The summed E-state index contributed by atoms with van der Waals surface area (Å²) in [5.41, 5.74) is 0. The Morgan fingerprint density at radius 3 is 1.15 bits per heavy atom. The summed E-state index contributed by atoms with van der Waals surface area (Å²) in [6, 6.07) is 0. The summed E-state index contributed by atoms with van der Waals surface area (Å²) < 4.78 is 21.3. The summed E-state index contributed by atoms with van der Waals surface area (Å²) in [5.74, 6) is -3.03. The Bertz CT molecular complexity index is 181. The average molecular weight is 243 g/mol. The Labute approximate surface area is 85.3 Å². The number of aliphatic carboxylic acids is 2. The molecule has 0 aliphatic heterocycles. The standard InChI is InChI=1S/2C3H3FO2.Zn/c2*4-2-1-3(5)6;/h2*1-2H,(H,5,6);/q;;+2/p-2. The molecule has 0 saturated heterocycles. The monoisotopic (exact) mass is 242 g/mol. The number of carboxylic acids is 2. The van der Waals surface area contributed by atoms with E-state index in [9.17, 15) is 8.78 Å². The van der Waals surface area contributed by atoms with Gasteiger partial charge in [0.1, 0.15) is 0 Å². The van der Waals surface area contributed by atoms with Gasteiger partial charge >= 0.3 is 19.5 Å². The summed E-state index contributed by atoms with van der Waals surface area (Å²) in [6.07, 6.45) is 0.435. The smallest absolute Gasteiger partial charge is 0.545 e. The first-order valence-electron chi connectivity index (χ1n) is 2.50. The van der Waals surface area contributed by atoms with E-state index in [0.717, 1.165) is 0 Å². The van der Waals surface area contributed by atoms with Gasteiger partial charge in [-0.3, -0.25) is 0 Å². The van der Waals surface area contributed by atoms with Crippen molar-refractivity contribution in [3.63, 3.8) is 0 Å². The predicted octanol–water partition coefficient (Wildman–Crippen LogP) is -1.56. The van der Waals surface area contributed by atoms with Gasteiger partial charge in [-0.25, -0.2) is 8.78 Å². The molecule has 0 saturated carbocycles. The normalized spacial score (nSPS) is 8.77. The van der Waals surface area contributed by atoms with Gasteiger partial charge in [-0.05, 0) is 12.2 Å². The Balaban J connectivity index is -0.000000143. The van der Waals surface area contributed by atoms with Gasteiger partial charge in [0.2, 0.25) is 0 Å². The quantitative estimate of drug-likeness (QED) is 0.434. The van der Waals surface area contributed by atoms with Gasteiger partial charge in [0, 0.05) is 0 Å². The first-order chi connectivity index (χ1) is 5.54. The molecule has 0 unspecified atom stereocenters. The van der Waals surface area contributed by atoms with E-state index >= 15 is 0 Å². The second-order valence-corrected chi connectivity index (χ2v) is 1.22. The maximum absolute atomic E-state index is 10.6. The van der Waals surface area contributed by atoms with Crippen LogP contribution in [0.5, 0.6) is 0 Å². The molecule has 0 radical (unpaired) electrons. The van der Waals surface area contributed by atoms with Crippen LogP contribution >= 0.6 is 0 Å². The van der Waals surface area contributed by atoms with Gasteiger partial charge in [-0.2, -0.15) is 0 Å². The molecule has 4 nitrogen and oxygen atoms in total. The van der Waals surface area contributed by atoms with Crippen molar-refractivity contribution in [3.05, 3.63) is 24.8 Å². The molecule has 0 aromatic rings. The van der Waals surface area contributed by atoms with Crippen molar-refractivity contribution < 1.29 is 48.1 Å². The molecule has 0 N–H and O–H groups in total. The zero-order valence-electron chi connectivity index (χ0n) is 6.41. The number of halogens is 2.